The summed E-state index contributed by atoms with van der Waals surface area (Å²) in [5.74, 6) is 0.498. The van der Waals surface area contributed by atoms with E-state index in [9.17, 15) is 9.59 Å². The van der Waals surface area contributed by atoms with E-state index in [1.54, 1.807) is 6.20 Å². The first-order chi connectivity index (χ1) is 13.2. The van der Waals surface area contributed by atoms with Crippen LogP contribution in [0.25, 0.3) is 5.65 Å². The van der Waals surface area contributed by atoms with Crippen molar-refractivity contribution in [1.29, 1.82) is 0 Å². The number of hydrogen-bond donors (Lipinski definition) is 0. The Kier molecular flexibility index (Phi) is 4.73. The molecule has 3 heterocycles. The van der Waals surface area contributed by atoms with Gasteiger partial charge in [0.15, 0.2) is 6.29 Å². The highest BCUT2D eigenvalue weighted by Gasteiger charge is 2.23. The minimum Gasteiger partial charge on any atom is -0.353 e. The van der Waals surface area contributed by atoms with Crippen molar-refractivity contribution in [3.63, 3.8) is 0 Å². The van der Waals surface area contributed by atoms with Gasteiger partial charge >= 0.3 is 0 Å². The number of carbonyl (C=O) groups excluding carboxylic acids is 1. The molecule has 0 N–H and O–H groups in total. The van der Waals surface area contributed by atoms with E-state index < -0.39 is 0 Å². The summed E-state index contributed by atoms with van der Waals surface area (Å²) in [6.07, 6.45) is 2.36. The summed E-state index contributed by atoms with van der Waals surface area (Å²) in [5, 5.41) is 0. The van der Waals surface area contributed by atoms with E-state index in [1.807, 2.05) is 30.0 Å². The number of pyridine rings is 1. The van der Waals surface area contributed by atoms with Gasteiger partial charge in [0.2, 0.25) is 0 Å². The Balaban J connectivity index is 1.57. The van der Waals surface area contributed by atoms with Gasteiger partial charge in [-0.1, -0.05) is 36.4 Å². The van der Waals surface area contributed by atoms with E-state index >= 15 is 0 Å². The monoisotopic (exact) mass is 362 g/mol. The molecule has 27 heavy (non-hydrogen) atoms. The van der Waals surface area contributed by atoms with E-state index in [0.29, 0.717) is 17.8 Å². The fourth-order valence-corrected chi connectivity index (χ4v) is 3.55. The zero-order valence-electron chi connectivity index (χ0n) is 15.3. The third-order valence-electron chi connectivity index (χ3n) is 5.02. The molecular weight excluding hydrogens is 340 g/mol. The van der Waals surface area contributed by atoms with Gasteiger partial charge in [0.05, 0.1) is 0 Å². The predicted molar refractivity (Wildman–Crippen MR) is 106 cm³/mol. The molecule has 6 heteroatoms. The number of aromatic nitrogens is 2. The molecule has 0 aliphatic carbocycles. The highest BCUT2D eigenvalue weighted by atomic mass is 16.1. The second kappa shape index (κ2) is 7.32. The largest absolute Gasteiger partial charge is 0.353 e. The smallest absolute Gasteiger partial charge is 0.270 e. The van der Waals surface area contributed by atoms with Gasteiger partial charge in [-0.05, 0) is 24.1 Å². The van der Waals surface area contributed by atoms with Crippen molar-refractivity contribution in [2.24, 2.45) is 0 Å². The highest BCUT2D eigenvalue weighted by molar-refractivity contribution is 5.83. The maximum atomic E-state index is 12.7. The van der Waals surface area contributed by atoms with Gasteiger partial charge in [-0.15, -0.1) is 0 Å². The second-order valence-electron chi connectivity index (χ2n) is 6.96. The fraction of sp³-hybridized carbons (Fsp3) is 0.286. The molecule has 0 spiro atoms. The van der Waals surface area contributed by atoms with Crippen LogP contribution in [-0.4, -0.2) is 46.7 Å². The van der Waals surface area contributed by atoms with Gasteiger partial charge in [-0.2, -0.15) is 0 Å². The van der Waals surface area contributed by atoms with Crippen molar-refractivity contribution < 1.29 is 4.79 Å². The summed E-state index contributed by atoms with van der Waals surface area (Å²) in [5.41, 5.74) is 2.63. The average Bonchev–Trinajstić information content (AvgIpc) is 2.70. The van der Waals surface area contributed by atoms with Crippen LogP contribution in [0.2, 0.25) is 0 Å². The lowest BCUT2D eigenvalue weighted by Gasteiger charge is -2.35. The normalized spacial score (nSPS) is 15.2. The van der Waals surface area contributed by atoms with Crippen molar-refractivity contribution in [2.45, 2.75) is 13.5 Å². The molecule has 1 saturated heterocycles. The summed E-state index contributed by atoms with van der Waals surface area (Å²) in [4.78, 5) is 33.4. The number of nitrogens with zero attached hydrogens (tertiary/aromatic N) is 4. The molecule has 0 atom stereocenters. The molecule has 0 unspecified atom stereocenters. The third-order valence-corrected chi connectivity index (χ3v) is 5.02. The van der Waals surface area contributed by atoms with Gasteiger partial charge < -0.3 is 4.90 Å². The average molecular weight is 362 g/mol. The lowest BCUT2D eigenvalue weighted by Crippen LogP contribution is -2.47. The Hall–Kier alpha value is -2.99. The van der Waals surface area contributed by atoms with Crippen LogP contribution in [0.3, 0.4) is 0 Å². The summed E-state index contributed by atoms with van der Waals surface area (Å²) in [6.45, 7) is 6.02. The summed E-state index contributed by atoms with van der Waals surface area (Å²) >= 11 is 0. The van der Waals surface area contributed by atoms with E-state index in [2.05, 4.69) is 34.1 Å². The molecule has 1 aliphatic rings. The molecule has 4 rings (SSSR count). The number of hydrogen-bond acceptors (Lipinski definition) is 5. The number of benzene rings is 1. The summed E-state index contributed by atoms with van der Waals surface area (Å²) in [6, 6.07) is 14.1. The predicted octanol–water partition coefficient (Wildman–Crippen LogP) is 2.14. The molecule has 1 aliphatic heterocycles. The Labute approximate surface area is 157 Å². The maximum Gasteiger partial charge on any atom is 0.270 e. The quantitative estimate of drug-likeness (QED) is 0.666. The lowest BCUT2D eigenvalue weighted by atomic mass is 10.2. The number of aryl methyl sites for hydroxylation is 1. The lowest BCUT2D eigenvalue weighted by molar-refractivity contribution is 0.112. The van der Waals surface area contributed by atoms with Gasteiger partial charge in [0, 0.05) is 38.9 Å². The number of anilines is 1. The SMILES string of the molecule is Cc1ccc2nc(N3CCN(Cc4ccccc4)CC3)c(C=O)c(=O)n2c1. The molecule has 1 fully saturated rings. The number of fused-ring (bicyclic) bond motifs is 1. The van der Waals surface area contributed by atoms with Crippen LogP contribution in [0, 0.1) is 6.92 Å². The van der Waals surface area contributed by atoms with Gasteiger partial charge in [0.25, 0.3) is 5.56 Å². The molecule has 0 amide bonds. The van der Waals surface area contributed by atoms with Crippen LogP contribution in [0.1, 0.15) is 21.5 Å². The van der Waals surface area contributed by atoms with Crippen LogP contribution in [0.4, 0.5) is 5.82 Å². The Bertz CT molecular complexity index is 1020. The van der Waals surface area contributed by atoms with Gasteiger partial charge in [-0.25, -0.2) is 4.98 Å². The molecule has 0 radical (unpaired) electrons. The Morgan fingerprint density at radius 1 is 1.04 bits per heavy atom. The van der Waals surface area contributed by atoms with Crippen molar-refractivity contribution in [3.8, 4) is 0 Å². The van der Waals surface area contributed by atoms with Crippen molar-refractivity contribution in [1.82, 2.24) is 14.3 Å². The second-order valence-corrected chi connectivity index (χ2v) is 6.96. The van der Waals surface area contributed by atoms with Crippen LogP contribution >= 0.6 is 0 Å². The van der Waals surface area contributed by atoms with E-state index in [0.717, 1.165) is 38.3 Å². The molecule has 2 aromatic heterocycles. The van der Waals surface area contributed by atoms with Crippen LogP contribution in [0.15, 0.2) is 53.5 Å². The first kappa shape index (κ1) is 17.4. The van der Waals surface area contributed by atoms with E-state index in [-0.39, 0.29) is 11.1 Å². The summed E-state index contributed by atoms with van der Waals surface area (Å²) < 4.78 is 1.45. The topological polar surface area (TPSA) is 57.9 Å². The molecule has 0 saturated carbocycles. The molecular formula is C21H22N4O2. The third kappa shape index (κ3) is 3.48. The number of rotatable bonds is 4. The highest BCUT2D eigenvalue weighted by Crippen LogP contribution is 2.18. The number of carbonyl (C=O) groups is 1. The fourth-order valence-electron chi connectivity index (χ4n) is 3.55. The van der Waals surface area contributed by atoms with Gasteiger partial charge in [0.1, 0.15) is 17.0 Å². The van der Waals surface area contributed by atoms with Crippen molar-refractivity contribution in [3.05, 3.63) is 75.7 Å². The van der Waals surface area contributed by atoms with Crippen LogP contribution in [-0.2, 0) is 6.54 Å². The molecule has 3 aromatic rings. The maximum absolute atomic E-state index is 12.7. The zero-order chi connectivity index (χ0) is 18.8. The van der Waals surface area contributed by atoms with Crippen molar-refractivity contribution in [2.75, 3.05) is 31.1 Å². The number of aldehydes is 1. The minimum absolute atomic E-state index is 0.134. The Morgan fingerprint density at radius 2 is 1.78 bits per heavy atom. The summed E-state index contributed by atoms with van der Waals surface area (Å²) in [7, 11) is 0. The molecule has 1 aromatic carbocycles. The van der Waals surface area contributed by atoms with Gasteiger partial charge in [-0.3, -0.25) is 18.9 Å². The first-order valence-corrected chi connectivity index (χ1v) is 9.15. The standard InChI is InChI=1S/C21H22N4O2/c1-16-7-8-19-22-20(18(15-26)21(27)25(19)13-16)24-11-9-23(10-12-24)14-17-5-3-2-4-6-17/h2-8,13,15H,9-12,14H2,1H3. The minimum atomic E-state index is -0.305. The molecule has 0 bridgehead atoms. The van der Waals surface area contributed by atoms with E-state index in [1.165, 1.54) is 9.96 Å². The zero-order valence-corrected chi connectivity index (χ0v) is 15.3. The molecule has 138 valence electrons. The first-order valence-electron chi connectivity index (χ1n) is 9.15. The molecule has 6 nitrogen and oxygen atoms in total. The van der Waals surface area contributed by atoms with Crippen LogP contribution in [0.5, 0.6) is 0 Å². The van der Waals surface area contributed by atoms with Crippen LogP contribution < -0.4 is 10.5 Å². The van der Waals surface area contributed by atoms with Crippen molar-refractivity contribution >= 4 is 17.8 Å². The van der Waals surface area contributed by atoms with E-state index in [4.69, 9.17) is 0 Å². The number of piperazine rings is 1. The Morgan fingerprint density at radius 3 is 2.48 bits per heavy atom.